The molecule has 2 nitrogen and oxygen atoms in total. The van der Waals surface area contributed by atoms with Crippen LogP contribution in [0.15, 0.2) is 48.5 Å². The molecule has 0 saturated carbocycles. The molecule has 2 aromatic carbocycles. The lowest BCUT2D eigenvalue weighted by atomic mass is 9.86. The second-order valence-electron chi connectivity index (χ2n) is 6.89. The Bertz CT molecular complexity index is 652. The molecule has 23 heavy (non-hydrogen) atoms. The van der Waals surface area contributed by atoms with E-state index in [0.29, 0.717) is 6.04 Å². The maximum absolute atomic E-state index is 6.30. The van der Waals surface area contributed by atoms with Gasteiger partial charge < -0.3 is 10.1 Å². The molecule has 2 unspecified atom stereocenters. The predicted molar refractivity (Wildman–Crippen MR) is 96.0 cm³/mol. The fraction of sp³-hybridized carbons (Fsp3) is 0.429. The molecule has 0 aliphatic carbocycles. The summed E-state index contributed by atoms with van der Waals surface area (Å²) in [6.45, 7) is 7.55. The molecule has 0 saturated heterocycles. The van der Waals surface area contributed by atoms with Crippen LogP contribution in [0.25, 0.3) is 0 Å². The molecule has 122 valence electrons. The molecule has 2 heteroatoms. The van der Waals surface area contributed by atoms with Gasteiger partial charge in [-0.15, -0.1) is 0 Å². The summed E-state index contributed by atoms with van der Waals surface area (Å²) in [6, 6.07) is 17.6. The van der Waals surface area contributed by atoms with Crippen molar-refractivity contribution >= 4 is 0 Å². The number of benzene rings is 2. The minimum Gasteiger partial charge on any atom is -0.487 e. The Balaban J connectivity index is 1.73. The van der Waals surface area contributed by atoms with Crippen molar-refractivity contribution in [1.82, 2.24) is 5.32 Å². The zero-order chi connectivity index (χ0) is 16.3. The Morgan fingerprint density at radius 2 is 1.96 bits per heavy atom. The van der Waals surface area contributed by atoms with Gasteiger partial charge in [-0.05, 0) is 50.4 Å². The highest BCUT2D eigenvalue weighted by molar-refractivity contribution is 5.41. The van der Waals surface area contributed by atoms with E-state index in [2.05, 4.69) is 74.6 Å². The third-order valence-electron chi connectivity index (χ3n) is 4.93. The van der Waals surface area contributed by atoms with Crippen molar-refractivity contribution in [2.75, 3.05) is 6.54 Å². The van der Waals surface area contributed by atoms with E-state index < -0.39 is 0 Å². The van der Waals surface area contributed by atoms with Crippen LogP contribution < -0.4 is 10.1 Å². The lowest BCUT2D eigenvalue weighted by Gasteiger charge is -2.40. The molecule has 3 rings (SSSR count). The molecule has 1 aliphatic rings. The van der Waals surface area contributed by atoms with Crippen LogP contribution in [0.4, 0.5) is 0 Å². The Kier molecular flexibility index (Phi) is 4.72. The third kappa shape index (κ3) is 3.76. The summed E-state index contributed by atoms with van der Waals surface area (Å²) in [4.78, 5) is 0. The summed E-state index contributed by atoms with van der Waals surface area (Å²) in [7, 11) is 0. The molecule has 2 aromatic rings. The monoisotopic (exact) mass is 309 g/mol. The van der Waals surface area contributed by atoms with Gasteiger partial charge in [-0.2, -0.15) is 0 Å². The normalized spacial score (nSPS) is 23.2. The number of aryl methyl sites for hydroxylation is 1. The Labute approximate surface area is 139 Å². The zero-order valence-corrected chi connectivity index (χ0v) is 14.4. The van der Waals surface area contributed by atoms with Gasteiger partial charge in [0.25, 0.3) is 0 Å². The summed E-state index contributed by atoms with van der Waals surface area (Å²) < 4.78 is 6.30. The van der Waals surface area contributed by atoms with Gasteiger partial charge in [-0.25, -0.2) is 0 Å². The number of hydrogen-bond acceptors (Lipinski definition) is 2. The first kappa shape index (κ1) is 16.1. The van der Waals surface area contributed by atoms with Crippen molar-refractivity contribution in [2.24, 2.45) is 0 Å². The minimum absolute atomic E-state index is 0.0782. The van der Waals surface area contributed by atoms with Crippen molar-refractivity contribution in [3.8, 4) is 5.75 Å². The highest BCUT2D eigenvalue weighted by Crippen LogP contribution is 2.41. The van der Waals surface area contributed by atoms with Gasteiger partial charge in [0.15, 0.2) is 0 Å². The molecule has 0 amide bonds. The fourth-order valence-electron chi connectivity index (χ4n) is 3.30. The van der Waals surface area contributed by atoms with E-state index in [4.69, 9.17) is 4.74 Å². The molecule has 1 heterocycles. The van der Waals surface area contributed by atoms with E-state index in [9.17, 15) is 0 Å². The second kappa shape index (κ2) is 6.76. The van der Waals surface area contributed by atoms with E-state index in [1.54, 1.807) is 0 Å². The second-order valence-corrected chi connectivity index (χ2v) is 6.89. The van der Waals surface area contributed by atoms with Crippen LogP contribution >= 0.6 is 0 Å². The summed E-state index contributed by atoms with van der Waals surface area (Å²) in [5, 5.41) is 3.76. The Morgan fingerprint density at radius 1 is 1.17 bits per heavy atom. The van der Waals surface area contributed by atoms with Gasteiger partial charge in [0.1, 0.15) is 11.4 Å². The van der Waals surface area contributed by atoms with Crippen LogP contribution in [0.1, 0.15) is 49.4 Å². The van der Waals surface area contributed by atoms with Crippen LogP contribution in [0.2, 0.25) is 0 Å². The first-order valence-electron chi connectivity index (χ1n) is 8.66. The zero-order valence-electron chi connectivity index (χ0n) is 14.4. The van der Waals surface area contributed by atoms with Gasteiger partial charge in [0.05, 0.1) is 0 Å². The van der Waals surface area contributed by atoms with Gasteiger partial charge in [-0.1, -0.05) is 49.4 Å². The number of nitrogens with one attached hydrogen (secondary N) is 1. The fourth-order valence-corrected chi connectivity index (χ4v) is 3.30. The quantitative estimate of drug-likeness (QED) is 0.855. The lowest BCUT2D eigenvalue weighted by Crippen LogP contribution is -2.41. The van der Waals surface area contributed by atoms with Crippen molar-refractivity contribution < 1.29 is 4.74 Å². The summed E-state index contributed by atoms with van der Waals surface area (Å²) in [5.74, 6) is 1.05. The molecule has 1 N–H and O–H groups in total. The number of hydrogen-bond donors (Lipinski definition) is 1. The molecule has 0 bridgehead atoms. The molecular weight excluding hydrogens is 282 g/mol. The van der Waals surface area contributed by atoms with Crippen molar-refractivity contribution in [3.05, 3.63) is 65.2 Å². The van der Waals surface area contributed by atoms with Gasteiger partial charge >= 0.3 is 0 Å². The summed E-state index contributed by atoms with van der Waals surface area (Å²) in [5.41, 5.74) is 3.86. The van der Waals surface area contributed by atoms with E-state index in [0.717, 1.165) is 31.6 Å². The average Bonchev–Trinajstić information content (AvgIpc) is 2.55. The Hall–Kier alpha value is -1.80. The SMILES string of the molecule is CCC1(C)CC(NCCc2ccccc2)c2ccc(C)cc2O1. The molecule has 0 fully saturated rings. The van der Waals surface area contributed by atoms with Crippen molar-refractivity contribution in [2.45, 2.75) is 51.7 Å². The van der Waals surface area contributed by atoms with Crippen LogP contribution in [-0.4, -0.2) is 12.1 Å². The smallest absolute Gasteiger partial charge is 0.125 e. The first-order valence-corrected chi connectivity index (χ1v) is 8.66. The minimum atomic E-state index is -0.0782. The number of ether oxygens (including phenoxy) is 1. The maximum atomic E-state index is 6.30. The van der Waals surface area contributed by atoms with Crippen molar-refractivity contribution in [3.63, 3.8) is 0 Å². The molecule has 2 atom stereocenters. The van der Waals surface area contributed by atoms with Crippen molar-refractivity contribution in [1.29, 1.82) is 0 Å². The maximum Gasteiger partial charge on any atom is 0.125 e. The highest BCUT2D eigenvalue weighted by Gasteiger charge is 2.35. The van der Waals surface area contributed by atoms with Crippen LogP contribution in [0, 0.1) is 6.92 Å². The summed E-state index contributed by atoms with van der Waals surface area (Å²) >= 11 is 0. The molecular formula is C21H27NO. The average molecular weight is 309 g/mol. The van der Waals surface area contributed by atoms with Crippen LogP contribution in [0.5, 0.6) is 5.75 Å². The summed E-state index contributed by atoms with van der Waals surface area (Å²) in [6.07, 6.45) is 3.10. The van der Waals surface area contributed by atoms with Gasteiger partial charge in [-0.3, -0.25) is 0 Å². The van der Waals surface area contributed by atoms with E-state index in [1.807, 2.05) is 0 Å². The van der Waals surface area contributed by atoms with Gasteiger partial charge in [0.2, 0.25) is 0 Å². The Morgan fingerprint density at radius 3 is 2.70 bits per heavy atom. The lowest BCUT2D eigenvalue weighted by molar-refractivity contribution is 0.0443. The van der Waals surface area contributed by atoms with Gasteiger partial charge in [0, 0.05) is 18.0 Å². The number of rotatable bonds is 5. The predicted octanol–water partition coefficient (Wildman–Crippen LogP) is 4.82. The molecule has 1 aliphatic heterocycles. The molecule has 0 spiro atoms. The highest BCUT2D eigenvalue weighted by atomic mass is 16.5. The molecule has 0 aromatic heterocycles. The molecule has 0 radical (unpaired) electrons. The van der Waals surface area contributed by atoms with Crippen LogP contribution in [0.3, 0.4) is 0 Å². The topological polar surface area (TPSA) is 21.3 Å². The third-order valence-corrected chi connectivity index (χ3v) is 4.93. The van der Waals surface area contributed by atoms with E-state index >= 15 is 0 Å². The van der Waals surface area contributed by atoms with E-state index in [1.165, 1.54) is 16.7 Å². The van der Waals surface area contributed by atoms with Crippen LogP contribution in [-0.2, 0) is 6.42 Å². The standard InChI is InChI=1S/C21H27NO/c1-4-21(3)15-19(18-11-10-16(2)14-20(18)23-21)22-13-12-17-8-6-5-7-9-17/h5-11,14,19,22H,4,12-13,15H2,1-3H3. The van der Waals surface area contributed by atoms with E-state index in [-0.39, 0.29) is 5.60 Å². The number of fused-ring (bicyclic) bond motifs is 1. The first-order chi connectivity index (χ1) is 11.1. The largest absolute Gasteiger partial charge is 0.487 e.